The number of nitrogens with zero attached hydrogens (tertiary/aromatic N) is 1. The summed E-state index contributed by atoms with van der Waals surface area (Å²) in [6, 6.07) is 13.5. The lowest BCUT2D eigenvalue weighted by Crippen LogP contribution is -2.14. The Labute approximate surface area is 133 Å². The maximum Gasteiger partial charge on any atom is 0.256 e. The Morgan fingerprint density at radius 1 is 1.22 bits per heavy atom. The van der Waals surface area contributed by atoms with Crippen LogP contribution in [-0.4, -0.2) is 10.9 Å². The lowest BCUT2D eigenvalue weighted by Gasteiger charge is -2.11. The smallest absolute Gasteiger partial charge is 0.256 e. The number of anilines is 1. The van der Waals surface area contributed by atoms with Crippen molar-refractivity contribution in [1.82, 2.24) is 4.98 Å². The molecule has 3 nitrogen and oxygen atoms in total. The number of carbonyl (C=O) groups is 1. The highest BCUT2D eigenvalue weighted by Gasteiger charge is 2.13. The number of halogens is 1. The molecule has 4 heteroatoms. The summed E-state index contributed by atoms with van der Waals surface area (Å²) in [5, 5.41) is 3.80. The highest BCUT2D eigenvalue weighted by molar-refractivity contribution is 6.09. The van der Waals surface area contributed by atoms with Gasteiger partial charge in [-0.05, 0) is 42.3 Å². The second kappa shape index (κ2) is 6.40. The molecule has 0 spiro atoms. The molecular formula is C19H15FN2O. The minimum atomic E-state index is -0.370. The predicted molar refractivity (Wildman–Crippen MR) is 90.0 cm³/mol. The van der Waals surface area contributed by atoms with Crippen molar-refractivity contribution in [2.24, 2.45) is 0 Å². The first-order chi connectivity index (χ1) is 11.2. The molecule has 0 bridgehead atoms. The molecule has 1 amide bonds. The molecule has 1 heterocycles. The van der Waals surface area contributed by atoms with Gasteiger partial charge in [-0.25, -0.2) is 4.39 Å². The van der Waals surface area contributed by atoms with Crippen molar-refractivity contribution in [3.05, 3.63) is 84.3 Å². The number of hydrogen-bond donors (Lipinski definition) is 1. The van der Waals surface area contributed by atoms with Gasteiger partial charge in [0.15, 0.2) is 0 Å². The number of benzene rings is 2. The molecule has 2 aromatic carbocycles. The predicted octanol–water partition coefficient (Wildman–Crippen LogP) is 4.35. The van der Waals surface area contributed by atoms with Crippen molar-refractivity contribution in [2.45, 2.75) is 6.42 Å². The maximum absolute atomic E-state index is 13.4. The quantitative estimate of drug-likeness (QED) is 0.728. The molecule has 1 N–H and O–H groups in total. The van der Waals surface area contributed by atoms with E-state index in [0.717, 1.165) is 10.9 Å². The number of fused-ring (bicyclic) bond motifs is 1. The molecule has 0 aliphatic carbocycles. The summed E-state index contributed by atoms with van der Waals surface area (Å²) in [6.45, 7) is 3.65. The van der Waals surface area contributed by atoms with Gasteiger partial charge in [-0.15, -0.1) is 6.58 Å². The zero-order valence-corrected chi connectivity index (χ0v) is 12.4. The molecule has 0 atom stereocenters. The first-order valence-electron chi connectivity index (χ1n) is 7.23. The third kappa shape index (κ3) is 3.11. The highest BCUT2D eigenvalue weighted by atomic mass is 19.1. The second-order valence-electron chi connectivity index (χ2n) is 5.13. The normalized spacial score (nSPS) is 10.5. The Morgan fingerprint density at radius 2 is 2.04 bits per heavy atom. The highest BCUT2D eigenvalue weighted by Crippen LogP contribution is 2.22. The van der Waals surface area contributed by atoms with Gasteiger partial charge in [-0.2, -0.15) is 0 Å². The van der Waals surface area contributed by atoms with Crippen LogP contribution in [0.15, 0.2) is 67.4 Å². The van der Waals surface area contributed by atoms with Gasteiger partial charge in [-0.3, -0.25) is 9.78 Å². The van der Waals surface area contributed by atoms with Crippen molar-refractivity contribution in [2.75, 3.05) is 5.32 Å². The summed E-state index contributed by atoms with van der Waals surface area (Å²) in [6.07, 6.45) is 3.75. The van der Waals surface area contributed by atoms with Crippen molar-refractivity contribution < 1.29 is 9.18 Å². The fourth-order valence-electron chi connectivity index (χ4n) is 2.50. The summed E-state index contributed by atoms with van der Waals surface area (Å²) in [7, 11) is 0. The Kier molecular flexibility index (Phi) is 4.15. The van der Waals surface area contributed by atoms with Crippen LogP contribution in [0.1, 0.15) is 15.9 Å². The Morgan fingerprint density at radius 3 is 2.87 bits per heavy atom. The van der Waals surface area contributed by atoms with Gasteiger partial charge in [0.1, 0.15) is 5.82 Å². The minimum absolute atomic E-state index is 0.292. The number of carbonyl (C=O) groups excluding carboxylic acids is 1. The zero-order valence-electron chi connectivity index (χ0n) is 12.4. The van der Waals surface area contributed by atoms with E-state index in [0.29, 0.717) is 23.2 Å². The van der Waals surface area contributed by atoms with Crippen LogP contribution in [0.5, 0.6) is 0 Å². The topological polar surface area (TPSA) is 42.0 Å². The van der Waals surface area contributed by atoms with Crippen LogP contribution in [0.2, 0.25) is 0 Å². The fraction of sp³-hybridized carbons (Fsp3) is 0.0526. The summed E-state index contributed by atoms with van der Waals surface area (Å²) in [5.41, 5.74) is 2.38. The molecule has 114 valence electrons. The third-order valence-electron chi connectivity index (χ3n) is 3.56. The number of nitrogens with one attached hydrogen (secondary N) is 1. The molecule has 23 heavy (non-hydrogen) atoms. The number of aromatic nitrogens is 1. The van der Waals surface area contributed by atoms with Gasteiger partial charge in [0.2, 0.25) is 0 Å². The van der Waals surface area contributed by atoms with Gasteiger partial charge in [0.25, 0.3) is 5.91 Å². The average molecular weight is 306 g/mol. The molecule has 3 aromatic rings. The molecule has 0 unspecified atom stereocenters. The van der Waals surface area contributed by atoms with E-state index in [-0.39, 0.29) is 11.7 Å². The molecule has 0 fully saturated rings. The Balaban J connectivity index is 1.97. The average Bonchev–Trinajstić information content (AvgIpc) is 2.55. The van der Waals surface area contributed by atoms with Crippen molar-refractivity contribution >= 4 is 22.5 Å². The van der Waals surface area contributed by atoms with E-state index in [9.17, 15) is 9.18 Å². The minimum Gasteiger partial charge on any atom is -0.320 e. The van der Waals surface area contributed by atoms with Crippen LogP contribution in [0.3, 0.4) is 0 Å². The van der Waals surface area contributed by atoms with E-state index in [2.05, 4.69) is 16.9 Å². The molecule has 1 aromatic heterocycles. The van der Waals surface area contributed by atoms with E-state index in [4.69, 9.17) is 0 Å². The van der Waals surface area contributed by atoms with Crippen LogP contribution in [0, 0.1) is 5.82 Å². The molecule has 0 saturated heterocycles. The molecule has 0 radical (unpaired) electrons. The fourth-order valence-corrected chi connectivity index (χ4v) is 2.50. The SMILES string of the molecule is C=CCc1cc(F)ccc1C(=O)Nc1cccc2cccnc12. The molecule has 0 aliphatic rings. The van der Waals surface area contributed by atoms with E-state index in [1.165, 1.54) is 18.2 Å². The van der Waals surface area contributed by atoms with Gasteiger partial charge >= 0.3 is 0 Å². The molecule has 0 saturated carbocycles. The number of pyridine rings is 1. The number of hydrogen-bond acceptors (Lipinski definition) is 2. The summed E-state index contributed by atoms with van der Waals surface area (Å²) >= 11 is 0. The number of rotatable bonds is 4. The van der Waals surface area contributed by atoms with Gasteiger partial charge in [0.05, 0.1) is 11.2 Å². The first kappa shape index (κ1) is 14.9. The lowest BCUT2D eigenvalue weighted by atomic mass is 10.0. The molecule has 0 aliphatic heterocycles. The van der Waals surface area contributed by atoms with Crippen LogP contribution < -0.4 is 5.32 Å². The Bertz CT molecular complexity index is 884. The Hall–Kier alpha value is -3.01. The number of para-hydroxylation sites is 1. The van der Waals surface area contributed by atoms with E-state index in [1.54, 1.807) is 18.3 Å². The monoisotopic (exact) mass is 306 g/mol. The maximum atomic E-state index is 13.4. The van der Waals surface area contributed by atoms with Gasteiger partial charge in [0, 0.05) is 17.1 Å². The van der Waals surface area contributed by atoms with Crippen molar-refractivity contribution in [1.29, 1.82) is 0 Å². The molecule has 3 rings (SSSR count). The summed E-state index contributed by atoms with van der Waals surface area (Å²) < 4.78 is 13.4. The number of amides is 1. The zero-order chi connectivity index (χ0) is 16.2. The van der Waals surface area contributed by atoms with Gasteiger partial charge in [-0.1, -0.05) is 24.3 Å². The lowest BCUT2D eigenvalue weighted by molar-refractivity contribution is 0.102. The van der Waals surface area contributed by atoms with Crippen molar-refractivity contribution in [3.63, 3.8) is 0 Å². The standard InChI is InChI=1S/C19H15FN2O/c1-2-5-14-12-15(20)9-10-16(14)19(23)22-17-8-3-6-13-7-4-11-21-18(13)17/h2-4,6-12H,1,5H2,(H,22,23). The molecular weight excluding hydrogens is 291 g/mol. The third-order valence-corrected chi connectivity index (χ3v) is 3.56. The largest absolute Gasteiger partial charge is 0.320 e. The summed E-state index contributed by atoms with van der Waals surface area (Å²) in [4.78, 5) is 16.9. The first-order valence-corrected chi connectivity index (χ1v) is 7.23. The van der Waals surface area contributed by atoms with Crippen LogP contribution in [0.4, 0.5) is 10.1 Å². The summed E-state index contributed by atoms with van der Waals surface area (Å²) in [5.74, 6) is -0.662. The van der Waals surface area contributed by atoms with Crippen molar-refractivity contribution in [3.8, 4) is 0 Å². The number of allylic oxidation sites excluding steroid dienone is 1. The van der Waals surface area contributed by atoms with E-state index in [1.807, 2.05) is 24.3 Å². The van der Waals surface area contributed by atoms with Crippen LogP contribution in [-0.2, 0) is 6.42 Å². The second-order valence-corrected chi connectivity index (χ2v) is 5.13. The van der Waals surface area contributed by atoms with E-state index < -0.39 is 0 Å². The van der Waals surface area contributed by atoms with Gasteiger partial charge < -0.3 is 5.32 Å². The van der Waals surface area contributed by atoms with Crippen LogP contribution in [0.25, 0.3) is 10.9 Å². The van der Waals surface area contributed by atoms with E-state index >= 15 is 0 Å². The van der Waals surface area contributed by atoms with Crippen LogP contribution >= 0.6 is 0 Å².